The van der Waals surface area contributed by atoms with Crippen LogP contribution >= 0.6 is 0 Å². The predicted octanol–water partition coefficient (Wildman–Crippen LogP) is 12.9. The van der Waals surface area contributed by atoms with Gasteiger partial charge < -0.3 is 102 Å². The highest BCUT2D eigenvalue weighted by atomic mass is 16.6. The molecule has 4 aliphatic heterocycles. The molecule has 6 N–H and O–H groups in total. The average molecular weight is 1860 g/mol. The zero-order valence-corrected chi connectivity index (χ0v) is 80.7. The molecule has 738 valence electrons. The molecule has 3 aromatic heterocycles. The number of methoxy groups -OCH3 is 4. The lowest BCUT2D eigenvalue weighted by Gasteiger charge is -2.43. The van der Waals surface area contributed by atoms with E-state index in [4.69, 9.17) is 87.3 Å². The molecule has 1 saturated carbocycles. The number of benzene rings is 2. The number of carbonyl (C=O) groups is 6. The summed E-state index contributed by atoms with van der Waals surface area (Å²) in [6, 6.07) is 10.1. The number of nitrogen functional groups attached to an aromatic ring is 2. The second-order valence-corrected chi connectivity index (χ2v) is 35.1. The minimum Gasteiger partial charge on any atom is -0.461 e. The summed E-state index contributed by atoms with van der Waals surface area (Å²) in [6.45, 7) is 29.8. The van der Waals surface area contributed by atoms with Crippen molar-refractivity contribution < 1.29 is 110 Å². The second-order valence-electron chi connectivity index (χ2n) is 35.1. The first kappa shape index (κ1) is 109. The van der Waals surface area contributed by atoms with Crippen molar-refractivity contribution in [2.75, 3.05) is 152 Å². The smallest absolute Gasteiger partial charge is 0.329 e. The molecule has 16 atom stereocenters. The van der Waals surface area contributed by atoms with Crippen LogP contribution in [0.25, 0.3) is 43.8 Å². The van der Waals surface area contributed by atoms with Crippen LogP contribution in [0.3, 0.4) is 0 Å². The maximum absolute atomic E-state index is 14.7. The summed E-state index contributed by atoms with van der Waals surface area (Å²) in [7, 11) is 6.13. The summed E-state index contributed by atoms with van der Waals surface area (Å²) in [4.78, 5) is 102. The third kappa shape index (κ3) is 33.7. The zero-order chi connectivity index (χ0) is 96.4. The number of aliphatic hydroxyl groups is 2. The molecule has 133 heavy (non-hydrogen) atoms. The summed E-state index contributed by atoms with van der Waals surface area (Å²) in [6.07, 6.45) is 15.9. The van der Waals surface area contributed by atoms with Crippen LogP contribution in [0.15, 0.2) is 99.9 Å². The molecule has 7 heterocycles. The van der Waals surface area contributed by atoms with Gasteiger partial charge in [0.2, 0.25) is 11.7 Å². The van der Waals surface area contributed by atoms with Crippen molar-refractivity contribution in [3.63, 3.8) is 0 Å². The number of oxazole rings is 1. The Bertz CT molecular complexity index is 4590. The number of nitrogens with two attached hydrogens (primary N) is 2. The highest BCUT2D eigenvalue weighted by Gasteiger charge is 2.53. The Labute approximate surface area is 783 Å². The number of piperidine rings is 1. The standard InChI is InChI=1S/C56H88N4O14.C29H32N8O4.C13H28O5/c1-34-18-13-12-14-19-35(2)46(69-9)32-42-24-22-40(7)56(67,74-42)53(64)54(65)60-26-16-15-20-44(60)55(66)73-47(37(4)30-41-23-25-45(48(31-41)70-10)72-49(61)21-17-27-68-8)33-43(58-59-57)36(3)29-39(6)51(63)52(71-11)50(62)38(5)28-34;1-2-39-11-12-40-10-8-24(38)36-9-7-19-13-18(3-4-21(19)16-36)15-37-28-25(27(30)32-17-33-28)26(35-37)20-5-6-23-22(14-20)34-29(31)41-23;1-3-5-15-8-9-17-12-13-18-11-10-16-7-6-14-4-2/h12-14,18-19,29,34,36-38,40-48,51-52,63,67H,15-17,20-28,30-33H2,1-11H3;3-6,13-14,17H,2,7-12,15-16H2,1H3,(H2,31,34)(H2,30,32,33);3-13H2,1-2H3/b14-12+,18-13+,35-19+,39-29+;;/t34-,36-,37-,38-,40-,41+,42+,43+,44+,45-,46+,47+,48-,51-,52+,56-;;/m1../s1. The molecule has 2 bridgehead atoms. The highest BCUT2D eigenvalue weighted by molar-refractivity contribution is 6.39. The van der Waals surface area contributed by atoms with E-state index in [2.05, 4.69) is 50.1 Å². The van der Waals surface area contributed by atoms with E-state index in [1.807, 2.05) is 107 Å². The Morgan fingerprint density at radius 3 is 2.10 bits per heavy atom. The Morgan fingerprint density at radius 2 is 1.43 bits per heavy atom. The van der Waals surface area contributed by atoms with Crippen molar-refractivity contribution in [1.29, 1.82) is 0 Å². The predicted molar refractivity (Wildman–Crippen MR) is 502 cm³/mol. The number of fused-ring (bicyclic) bond motifs is 6. The van der Waals surface area contributed by atoms with Gasteiger partial charge in [-0.3, -0.25) is 24.0 Å². The van der Waals surface area contributed by atoms with Gasteiger partial charge in [-0.25, -0.2) is 19.4 Å². The Balaban J connectivity index is 0.000000304. The number of amides is 2. The third-order valence-corrected chi connectivity index (χ3v) is 25.1. The van der Waals surface area contributed by atoms with E-state index >= 15 is 0 Å². The molecule has 35 heteroatoms. The number of aromatic nitrogens is 5. The number of allylic oxidation sites excluding steroid dienone is 5. The Hall–Kier alpha value is -9.01. The van der Waals surface area contributed by atoms with Crippen LogP contribution in [-0.2, 0) is 115 Å². The quantitative estimate of drug-likeness (QED) is 0.00545. The number of cyclic esters (lactones) is 1. The molecule has 35 nitrogen and oxygen atoms in total. The van der Waals surface area contributed by atoms with Gasteiger partial charge in [0, 0.05) is 116 Å². The molecule has 2 amide bonds. The number of carbonyl (C=O) groups excluding carboxylic acids is 6. The molecule has 5 aromatic rings. The molecule has 0 spiro atoms. The minimum absolute atomic E-state index is 0.00389. The molecule has 0 radical (unpaired) electrons. The number of hydrogen-bond donors (Lipinski definition) is 4. The fraction of sp³-hybridized carbons (Fsp3) is 0.673. The van der Waals surface area contributed by atoms with Crippen LogP contribution in [0.2, 0.25) is 0 Å². The van der Waals surface area contributed by atoms with Gasteiger partial charge >= 0.3 is 11.9 Å². The number of anilines is 2. The fourth-order valence-corrected chi connectivity index (χ4v) is 17.6. The van der Waals surface area contributed by atoms with Crippen molar-refractivity contribution in [2.45, 2.75) is 252 Å². The number of hydrogen-bond acceptors (Lipinski definition) is 30. The summed E-state index contributed by atoms with van der Waals surface area (Å²) in [5, 5.41) is 33.5. The van der Waals surface area contributed by atoms with Gasteiger partial charge in [0.1, 0.15) is 53.8 Å². The maximum Gasteiger partial charge on any atom is 0.329 e. The van der Waals surface area contributed by atoms with Gasteiger partial charge in [-0.1, -0.05) is 101 Å². The van der Waals surface area contributed by atoms with Crippen LogP contribution in [0.4, 0.5) is 11.8 Å². The van der Waals surface area contributed by atoms with Gasteiger partial charge in [0.15, 0.2) is 17.0 Å². The van der Waals surface area contributed by atoms with Crippen LogP contribution in [0.5, 0.6) is 0 Å². The largest absolute Gasteiger partial charge is 0.461 e. The van der Waals surface area contributed by atoms with Gasteiger partial charge in [-0.15, -0.1) is 0 Å². The summed E-state index contributed by atoms with van der Waals surface area (Å²) in [5.74, 6) is -7.48. The van der Waals surface area contributed by atoms with E-state index in [9.17, 15) is 44.5 Å². The lowest BCUT2D eigenvalue weighted by molar-refractivity contribution is -0.265. The normalized spacial score (nSPS) is 26.5. The van der Waals surface area contributed by atoms with E-state index < -0.39 is 89.9 Å². The number of Topliss-reactive ketones (excluding diaryl/α,β-unsaturated/α-hetero) is 2. The van der Waals surface area contributed by atoms with Crippen molar-refractivity contribution >= 4 is 69.3 Å². The van der Waals surface area contributed by atoms with Crippen molar-refractivity contribution in [3.05, 3.63) is 117 Å². The topological polar surface area (TPSA) is 449 Å². The first-order valence-corrected chi connectivity index (χ1v) is 47.4. The molecule has 0 unspecified atom stereocenters. The van der Waals surface area contributed by atoms with E-state index in [0.717, 1.165) is 48.3 Å². The number of aliphatic hydroxyl groups excluding tert-OH is 1. The molecule has 1 aliphatic carbocycles. The molecule has 2 aromatic carbocycles. The number of azide groups is 1. The van der Waals surface area contributed by atoms with Crippen molar-refractivity contribution in [2.24, 2.45) is 40.6 Å². The molecular formula is C98H148N12O23. The number of esters is 2. The van der Waals surface area contributed by atoms with E-state index in [1.54, 1.807) is 41.3 Å². The number of ketones is 2. The summed E-state index contributed by atoms with van der Waals surface area (Å²) in [5.41, 5.74) is 30.1. The molecule has 3 fully saturated rings. The number of rotatable bonds is 37. The van der Waals surface area contributed by atoms with Crippen LogP contribution in [-0.4, -0.2) is 281 Å². The number of ether oxygens (including phenoxy) is 14. The van der Waals surface area contributed by atoms with E-state index in [-0.39, 0.29) is 73.3 Å². The van der Waals surface area contributed by atoms with Gasteiger partial charge in [0.05, 0.1) is 109 Å². The highest BCUT2D eigenvalue weighted by Crippen LogP contribution is 2.40. The van der Waals surface area contributed by atoms with Gasteiger partial charge in [-0.05, 0) is 193 Å². The number of nitrogens with zero attached hydrogens (tertiary/aromatic N) is 10. The minimum atomic E-state index is -2.45. The lowest BCUT2D eigenvalue weighted by atomic mass is 9.78. The SMILES string of the molecule is CCCOCCOCCOCCOCCOCC.CCOCCOCCC(=O)N1CCc2cc(Cn3nc(-c4ccc5oc(N)nc5c4)c4c(N)ncnc43)ccc2C1.COCCCC(=O)O[C@@H]1CC[C@@H](C[C@@H](C)[C@@H]2C[C@H](N=[N+]=[N-])[C@H](C)/C=C(\C)[C@@H](O)[C@@H](OC)C(=O)[C@H](C)C[C@H](C)/C=C/C=C/C=C(\C)[C@@H](OC)C[C@@H]3CC[C@@H](C)[C@@](O)(O3)C(=O)C(=O)N3CCCC[C@H]3C(=O)O2)C[C@H]1OC. The van der Waals surface area contributed by atoms with Gasteiger partial charge in [-0.2, -0.15) is 10.1 Å². The maximum atomic E-state index is 14.7. The lowest BCUT2D eigenvalue weighted by Crippen LogP contribution is -2.61. The molecule has 2 saturated heterocycles. The molecule has 5 aliphatic rings. The summed E-state index contributed by atoms with van der Waals surface area (Å²) < 4.78 is 85.4. The Morgan fingerprint density at radius 1 is 0.729 bits per heavy atom. The summed E-state index contributed by atoms with van der Waals surface area (Å²) >= 11 is 0. The molecular weight excluding hydrogens is 1710 g/mol. The third-order valence-electron chi connectivity index (χ3n) is 25.1. The van der Waals surface area contributed by atoms with Crippen LogP contribution in [0, 0.1) is 35.5 Å². The molecule has 10 rings (SSSR count). The van der Waals surface area contributed by atoms with Crippen molar-refractivity contribution in [1.82, 2.24) is 34.5 Å². The first-order chi connectivity index (χ1) is 64.1. The van der Waals surface area contributed by atoms with Crippen LogP contribution in [0.1, 0.15) is 189 Å². The van der Waals surface area contributed by atoms with Crippen molar-refractivity contribution in [3.8, 4) is 11.3 Å². The monoisotopic (exact) mass is 1860 g/mol. The van der Waals surface area contributed by atoms with Crippen LogP contribution < -0.4 is 11.5 Å². The Kier molecular flexibility index (Phi) is 47.5. The van der Waals surface area contributed by atoms with E-state index in [0.29, 0.717) is 222 Å². The average Bonchev–Trinajstić information content (AvgIpc) is 1.75. The second kappa shape index (κ2) is 57.8. The zero-order valence-electron chi connectivity index (χ0n) is 80.7. The first-order valence-electron chi connectivity index (χ1n) is 47.4. The fourth-order valence-electron chi connectivity index (χ4n) is 17.6. The van der Waals surface area contributed by atoms with E-state index in [1.165, 1.54) is 23.9 Å². The van der Waals surface area contributed by atoms with Gasteiger partial charge in [0.25, 0.3) is 17.7 Å².